The lowest BCUT2D eigenvalue weighted by Crippen LogP contribution is -2.09. The van der Waals surface area contributed by atoms with E-state index < -0.39 is 5.92 Å². The van der Waals surface area contributed by atoms with Crippen LogP contribution in [0.3, 0.4) is 0 Å². The van der Waals surface area contributed by atoms with Crippen molar-refractivity contribution in [2.75, 3.05) is 7.11 Å². The van der Waals surface area contributed by atoms with Gasteiger partial charge in [0.1, 0.15) is 12.0 Å². The molecule has 1 aromatic rings. The van der Waals surface area contributed by atoms with Gasteiger partial charge in [0, 0.05) is 11.1 Å². The summed E-state index contributed by atoms with van der Waals surface area (Å²) in [6, 6.07) is 5.31. The lowest BCUT2D eigenvalue weighted by Gasteiger charge is -2.04. The van der Waals surface area contributed by atoms with Gasteiger partial charge in [0.2, 0.25) is 0 Å². The van der Waals surface area contributed by atoms with Gasteiger partial charge in [0.25, 0.3) is 0 Å². The second-order valence-corrected chi connectivity index (χ2v) is 3.30. The van der Waals surface area contributed by atoms with Gasteiger partial charge < -0.3 is 9.53 Å². The molecule has 72 valence electrons. The van der Waals surface area contributed by atoms with Gasteiger partial charge in [-0.2, -0.15) is 0 Å². The molecule has 1 aliphatic rings. The molecular weight excluding hydrogens is 180 g/mol. The summed E-state index contributed by atoms with van der Waals surface area (Å²) >= 11 is 0. The van der Waals surface area contributed by atoms with E-state index in [4.69, 9.17) is 4.74 Å². The van der Waals surface area contributed by atoms with Crippen molar-refractivity contribution in [3.63, 3.8) is 0 Å². The Morgan fingerprint density at radius 1 is 1.50 bits per heavy atom. The molecule has 0 heterocycles. The maximum absolute atomic E-state index is 11.6. The van der Waals surface area contributed by atoms with Crippen LogP contribution >= 0.6 is 0 Å². The van der Waals surface area contributed by atoms with E-state index in [1.165, 1.54) is 0 Å². The Labute approximate surface area is 81.7 Å². The van der Waals surface area contributed by atoms with Crippen LogP contribution in [0.1, 0.15) is 15.9 Å². The van der Waals surface area contributed by atoms with Gasteiger partial charge in [-0.15, -0.1) is 0 Å². The predicted molar refractivity (Wildman–Crippen MR) is 50.6 cm³/mol. The molecule has 0 bridgehead atoms. The molecule has 1 unspecified atom stereocenters. The number of carbonyl (C=O) groups excluding carboxylic acids is 2. The van der Waals surface area contributed by atoms with E-state index in [0.717, 1.165) is 5.56 Å². The number of aldehydes is 1. The van der Waals surface area contributed by atoms with Crippen LogP contribution in [0.25, 0.3) is 0 Å². The first-order chi connectivity index (χ1) is 6.77. The number of Topliss-reactive ketones (excluding diaryl/α,β-unsaturated/α-hetero) is 1. The van der Waals surface area contributed by atoms with Crippen molar-refractivity contribution >= 4 is 12.1 Å². The number of fused-ring (bicyclic) bond motifs is 1. The standard InChI is InChI=1S/C11H10O3/c1-14-10-4-2-3-8-9(10)5-7(6-12)11(8)13/h2-4,6-7H,5H2,1H3. The Kier molecular flexibility index (Phi) is 2.08. The smallest absolute Gasteiger partial charge is 0.173 e. The number of hydrogen-bond donors (Lipinski definition) is 0. The van der Waals surface area contributed by atoms with Gasteiger partial charge in [-0.25, -0.2) is 0 Å². The minimum absolute atomic E-state index is 0.0890. The summed E-state index contributed by atoms with van der Waals surface area (Å²) in [5.41, 5.74) is 1.48. The Bertz CT molecular complexity index is 396. The summed E-state index contributed by atoms with van der Waals surface area (Å²) in [4.78, 5) is 22.2. The molecule has 0 fully saturated rings. The average Bonchev–Trinajstić information content (AvgIpc) is 2.55. The van der Waals surface area contributed by atoms with Crippen LogP contribution in [-0.4, -0.2) is 19.2 Å². The van der Waals surface area contributed by atoms with E-state index in [2.05, 4.69) is 0 Å². The van der Waals surface area contributed by atoms with Crippen molar-refractivity contribution in [1.82, 2.24) is 0 Å². The van der Waals surface area contributed by atoms with Crippen LogP contribution in [0.15, 0.2) is 18.2 Å². The molecule has 14 heavy (non-hydrogen) atoms. The molecule has 0 radical (unpaired) electrons. The van der Waals surface area contributed by atoms with E-state index in [1.54, 1.807) is 25.3 Å². The van der Waals surface area contributed by atoms with Crippen molar-refractivity contribution in [1.29, 1.82) is 0 Å². The maximum Gasteiger partial charge on any atom is 0.173 e. The third-order valence-electron chi connectivity index (χ3n) is 2.54. The summed E-state index contributed by atoms with van der Waals surface area (Å²) in [6.45, 7) is 0. The highest BCUT2D eigenvalue weighted by atomic mass is 16.5. The van der Waals surface area contributed by atoms with Crippen LogP contribution < -0.4 is 4.74 Å². The van der Waals surface area contributed by atoms with E-state index >= 15 is 0 Å². The molecule has 1 atom stereocenters. The van der Waals surface area contributed by atoms with Gasteiger partial charge in [-0.3, -0.25) is 4.79 Å². The SMILES string of the molecule is COc1cccc2c1CC(C=O)C2=O. The van der Waals surface area contributed by atoms with Gasteiger partial charge in [-0.05, 0) is 12.5 Å². The van der Waals surface area contributed by atoms with Gasteiger partial charge in [-0.1, -0.05) is 12.1 Å². The number of benzene rings is 1. The van der Waals surface area contributed by atoms with E-state index in [9.17, 15) is 9.59 Å². The largest absolute Gasteiger partial charge is 0.496 e. The van der Waals surface area contributed by atoms with E-state index in [0.29, 0.717) is 24.0 Å². The zero-order valence-corrected chi connectivity index (χ0v) is 7.82. The van der Waals surface area contributed by atoms with Crippen molar-refractivity contribution in [2.24, 2.45) is 5.92 Å². The van der Waals surface area contributed by atoms with Crippen LogP contribution in [0.4, 0.5) is 0 Å². The number of rotatable bonds is 2. The third kappa shape index (κ3) is 1.13. The van der Waals surface area contributed by atoms with E-state index in [1.807, 2.05) is 0 Å². The summed E-state index contributed by atoms with van der Waals surface area (Å²) in [6.07, 6.45) is 1.18. The fraction of sp³-hybridized carbons (Fsp3) is 0.273. The highest BCUT2D eigenvalue weighted by molar-refractivity contribution is 6.09. The third-order valence-corrected chi connectivity index (χ3v) is 2.54. The highest BCUT2D eigenvalue weighted by Crippen LogP contribution is 2.32. The molecule has 0 amide bonds. The van der Waals surface area contributed by atoms with Gasteiger partial charge in [0.15, 0.2) is 5.78 Å². The van der Waals surface area contributed by atoms with Crippen LogP contribution in [0, 0.1) is 5.92 Å². The molecule has 0 saturated heterocycles. The molecule has 0 spiro atoms. The molecule has 1 aliphatic carbocycles. The van der Waals surface area contributed by atoms with Crippen LogP contribution in [-0.2, 0) is 11.2 Å². The monoisotopic (exact) mass is 190 g/mol. The fourth-order valence-corrected chi connectivity index (χ4v) is 1.82. The Morgan fingerprint density at radius 2 is 2.29 bits per heavy atom. The van der Waals surface area contributed by atoms with Crippen molar-refractivity contribution in [3.05, 3.63) is 29.3 Å². The maximum atomic E-state index is 11.6. The molecule has 2 rings (SSSR count). The molecule has 3 heteroatoms. The van der Waals surface area contributed by atoms with Crippen molar-refractivity contribution < 1.29 is 14.3 Å². The minimum Gasteiger partial charge on any atom is -0.496 e. The quantitative estimate of drug-likeness (QED) is 0.520. The zero-order chi connectivity index (χ0) is 10.1. The Morgan fingerprint density at radius 3 is 2.93 bits per heavy atom. The summed E-state index contributed by atoms with van der Waals surface area (Å²) in [5, 5.41) is 0. The summed E-state index contributed by atoms with van der Waals surface area (Å²) < 4.78 is 5.13. The van der Waals surface area contributed by atoms with Gasteiger partial charge in [0.05, 0.1) is 13.0 Å². The first kappa shape index (κ1) is 8.94. The normalized spacial score (nSPS) is 19.2. The second kappa shape index (κ2) is 3.25. The first-order valence-corrected chi connectivity index (χ1v) is 4.43. The molecule has 0 N–H and O–H groups in total. The zero-order valence-electron chi connectivity index (χ0n) is 7.82. The Hall–Kier alpha value is -1.64. The van der Waals surface area contributed by atoms with E-state index in [-0.39, 0.29) is 5.78 Å². The molecule has 1 aromatic carbocycles. The fourth-order valence-electron chi connectivity index (χ4n) is 1.82. The molecule has 0 aliphatic heterocycles. The Balaban J connectivity index is 2.52. The number of carbonyl (C=O) groups is 2. The topological polar surface area (TPSA) is 43.4 Å². The molecular formula is C11H10O3. The van der Waals surface area contributed by atoms with Crippen molar-refractivity contribution in [3.8, 4) is 5.75 Å². The lowest BCUT2D eigenvalue weighted by molar-refractivity contribution is -0.109. The lowest BCUT2D eigenvalue weighted by atomic mass is 10.1. The highest BCUT2D eigenvalue weighted by Gasteiger charge is 2.31. The van der Waals surface area contributed by atoms with Gasteiger partial charge >= 0.3 is 0 Å². The number of methoxy groups -OCH3 is 1. The van der Waals surface area contributed by atoms with Crippen LogP contribution in [0.2, 0.25) is 0 Å². The molecule has 3 nitrogen and oxygen atoms in total. The molecule has 0 saturated carbocycles. The summed E-state index contributed by atoms with van der Waals surface area (Å²) in [5.74, 6) is 0.0930. The number of ketones is 1. The van der Waals surface area contributed by atoms with Crippen LogP contribution in [0.5, 0.6) is 5.75 Å². The minimum atomic E-state index is -0.513. The second-order valence-electron chi connectivity index (χ2n) is 3.30. The summed E-state index contributed by atoms with van der Waals surface area (Å²) in [7, 11) is 1.56. The molecule has 0 aromatic heterocycles. The predicted octanol–water partition coefficient (Wildman–Crippen LogP) is 1.25. The number of ether oxygens (including phenoxy) is 1. The average molecular weight is 190 g/mol. The first-order valence-electron chi connectivity index (χ1n) is 4.43. The number of hydrogen-bond acceptors (Lipinski definition) is 3. The van der Waals surface area contributed by atoms with Crippen molar-refractivity contribution in [2.45, 2.75) is 6.42 Å².